The van der Waals surface area contributed by atoms with Gasteiger partial charge in [-0.25, -0.2) is 9.37 Å². The maximum Gasteiger partial charge on any atom is 0.224 e. The monoisotopic (exact) mass is 280 g/mol. The van der Waals surface area contributed by atoms with Gasteiger partial charge >= 0.3 is 0 Å². The Balaban J connectivity index is 1.99. The van der Waals surface area contributed by atoms with Crippen molar-refractivity contribution in [2.75, 3.05) is 23.7 Å². The molecule has 5 heteroatoms. The third-order valence-corrected chi connectivity index (χ3v) is 5.07. The third kappa shape index (κ3) is 2.58. The van der Waals surface area contributed by atoms with Crippen molar-refractivity contribution >= 4 is 11.8 Å². The highest BCUT2D eigenvalue weighted by molar-refractivity contribution is 5.41. The molecule has 112 valence electrons. The van der Waals surface area contributed by atoms with E-state index >= 15 is 0 Å². The summed E-state index contributed by atoms with van der Waals surface area (Å²) in [5.74, 6) is 0.891. The van der Waals surface area contributed by atoms with Gasteiger partial charge in [-0.05, 0) is 23.2 Å². The van der Waals surface area contributed by atoms with Crippen LogP contribution in [0.5, 0.6) is 0 Å². The summed E-state index contributed by atoms with van der Waals surface area (Å²) >= 11 is 0. The number of aromatic nitrogens is 2. The fourth-order valence-electron chi connectivity index (χ4n) is 2.86. The summed E-state index contributed by atoms with van der Waals surface area (Å²) in [4.78, 5) is 8.14. The molecule has 0 aliphatic heterocycles. The average Bonchev–Trinajstić information content (AvgIpc) is 2.77. The molecule has 0 bridgehead atoms. The lowest BCUT2D eigenvalue weighted by Crippen LogP contribution is -2.13. The Labute approximate surface area is 120 Å². The van der Waals surface area contributed by atoms with Crippen LogP contribution in [0.15, 0.2) is 6.20 Å². The third-order valence-electron chi connectivity index (χ3n) is 5.07. The van der Waals surface area contributed by atoms with E-state index in [9.17, 15) is 4.39 Å². The molecule has 1 aliphatic carbocycles. The molecule has 2 N–H and O–H groups in total. The van der Waals surface area contributed by atoms with Gasteiger partial charge in [-0.3, -0.25) is 0 Å². The number of rotatable bonds is 6. The first kappa shape index (κ1) is 15.0. The predicted octanol–water partition coefficient (Wildman–Crippen LogP) is 3.53. The van der Waals surface area contributed by atoms with Crippen LogP contribution in [0.3, 0.4) is 0 Å². The summed E-state index contributed by atoms with van der Waals surface area (Å²) < 4.78 is 13.7. The molecule has 0 aromatic carbocycles. The van der Waals surface area contributed by atoms with Crippen LogP contribution in [0.25, 0.3) is 0 Å². The summed E-state index contributed by atoms with van der Waals surface area (Å²) in [5.41, 5.74) is 0.569. The van der Waals surface area contributed by atoms with Crippen LogP contribution in [0.2, 0.25) is 0 Å². The topological polar surface area (TPSA) is 49.8 Å². The smallest absolute Gasteiger partial charge is 0.224 e. The van der Waals surface area contributed by atoms with Gasteiger partial charge in [0.15, 0.2) is 11.6 Å². The van der Waals surface area contributed by atoms with E-state index in [4.69, 9.17) is 0 Å². The Bertz CT molecular complexity index is 471. The molecular formula is C15H25FN4. The number of hydrogen-bond donors (Lipinski definition) is 2. The number of anilines is 2. The second-order valence-corrected chi connectivity index (χ2v) is 6.69. The van der Waals surface area contributed by atoms with Crippen LogP contribution in [0, 0.1) is 22.6 Å². The molecule has 1 aromatic rings. The minimum atomic E-state index is -0.400. The van der Waals surface area contributed by atoms with Crippen molar-refractivity contribution in [3.8, 4) is 0 Å². The Morgan fingerprint density at radius 3 is 2.40 bits per heavy atom. The summed E-state index contributed by atoms with van der Waals surface area (Å²) in [5, 5.41) is 6.21. The highest BCUT2D eigenvalue weighted by Crippen LogP contribution is 2.68. The Morgan fingerprint density at radius 1 is 1.20 bits per heavy atom. The lowest BCUT2D eigenvalue weighted by molar-refractivity contribution is 0.457. The zero-order chi connectivity index (χ0) is 15.0. The maximum atomic E-state index is 13.7. The normalized spacial score (nSPS) is 19.7. The quantitative estimate of drug-likeness (QED) is 0.837. The van der Waals surface area contributed by atoms with Gasteiger partial charge in [0.2, 0.25) is 5.95 Å². The highest BCUT2D eigenvalue weighted by atomic mass is 19.1. The van der Waals surface area contributed by atoms with Gasteiger partial charge in [-0.15, -0.1) is 0 Å². The van der Waals surface area contributed by atoms with Crippen molar-refractivity contribution in [2.45, 2.75) is 41.0 Å². The van der Waals surface area contributed by atoms with E-state index in [2.05, 4.69) is 55.2 Å². The van der Waals surface area contributed by atoms with Gasteiger partial charge in [0.1, 0.15) is 0 Å². The lowest BCUT2D eigenvalue weighted by Gasteiger charge is -2.09. The zero-order valence-electron chi connectivity index (χ0n) is 13.0. The van der Waals surface area contributed by atoms with E-state index in [0.717, 1.165) is 19.5 Å². The number of hydrogen-bond acceptors (Lipinski definition) is 4. The van der Waals surface area contributed by atoms with Crippen LogP contribution >= 0.6 is 0 Å². The fraction of sp³-hybridized carbons (Fsp3) is 0.733. The van der Waals surface area contributed by atoms with Gasteiger partial charge in [0.25, 0.3) is 0 Å². The average molecular weight is 280 g/mol. The van der Waals surface area contributed by atoms with Crippen molar-refractivity contribution < 1.29 is 4.39 Å². The summed E-state index contributed by atoms with van der Waals surface area (Å²) in [6.07, 6.45) is 2.20. The molecule has 20 heavy (non-hydrogen) atoms. The van der Waals surface area contributed by atoms with Gasteiger partial charge in [-0.1, -0.05) is 34.6 Å². The van der Waals surface area contributed by atoms with Crippen molar-refractivity contribution in [2.24, 2.45) is 16.7 Å². The first-order valence-electron chi connectivity index (χ1n) is 7.31. The standard InChI is InChI=1S/C15H25FN4/c1-6-7-17-13-19-8-10(16)12(20-13)18-9-11-14(2,3)15(11,4)5/h8,11H,6-7,9H2,1-5H3,(H2,17,18,19,20). The zero-order valence-corrected chi connectivity index (χ0v) is 13.0. The second-order valence-electron chi connectivity index (χ2n) is 6.69. The van der Waals surface area contributed by atoms with Crippen molar-refractivity contribution in [3.63, 3.8) is 0 Å². The molecule has 1 saturated carbocycles. The van der Waals surface area contributed by atoms with E-state index in [1.165, 1.54) is 6.20 Å². The van der Waals surface area contributed by atoms with E-state index in [-0.39, 0.29) is 16.6 Å². The van der Waals surface area contributed by atoms with E-state index < -0.39 is 5.82 Å². The molecule has 1 aromatic heterocycles. The molecule has 4 nitrogen and oxygen atoms in total. The number of nitrogens with one attached hydrogen (secondary N) is 2. The van der Waals surface area contributed by atoms with Crippen LogP contribution in [-0.2, 0) is 0 Å². The van der Waals surface area contributed by atoms with Crippen LogP contribution in [-0.4, -0.2) is 23.1 Å². The van der Waals surface area contributed by atoms with Crippen molar-refractivity contribution in [1.82, 2.24) is 9.97 Å². The summed E-state index contributed by atoms with van der Waals surface area (Å²) in [7, 11) is 0. The molecule has 0 saturated heterocycles. The van der Waals surface area contributed by atoms with Crippen LogP contribution in [0.1, 0.15) is 41.0 Å². The van der Waals surface area contributed by atoms with E-state index in [1.807, 2.05) is 0 Å². The molecule has 0 unspecified atom stereocenters. The minimum absolute atomic E-state index is 0.285. The van der Waals surface area contributed by atoms with Gasteiger partial charge in [0, 0.05) is 13.1 Å². The molecule has 1 heterocycles. The maximum absolute atomic E-state index is 13.7. The largest absolute Gasteiger partial charge is 0.367 e. The van der Waals surface area contributed by atoms with Crippen molar-refractivity contribution in [3.05, 3.63) is 12.0 Å². The Kier molecular flexibility index (Phi) is 3.89. The molecule has 1 fully saturated rings. The van der Waals surface area contributed by atoms with Gasteiger partial charge in [-0.2, -0.15) is 4.98 Å². The molecule has 0 radical (unpaired) electrons. The predicted molar refractivity (Wildman–Crippen MR) is 80.3 cm³/mol. The molecular weight excluding hydrogens is 255 g/mol. The molecule has 0 spiro atoms. The molecule has 1 aliphatic rings. The number of nitrogens with zero attached hydrogens (tertiary/aromatic N) is 2. The second kappa shape index (κ2) is 5.19. The highest BCUT2D eigenvalue weighted by Gasteiger charge is 2.64. The fourth-order valence-corrected chi connectivity index (χ4v) is 2.86. The Morgan fingerprint density at radius 2 is 1.85 bits per heavy atom. The van der Waals surface area contributed by atoms with E-state index in [0.29, 0.717) is 11.9 Å². The lowest BCUT2D eigenvalue weighted by atomic mass is 10.0. The first-order valence-corrected chi connectivity index (χ1v) is 7.31. The van der Waals surface area contributed by atoms with Crippen LogP contribution < -0.4 is 10.6 Å². The van der Waals surface area contributed by atoms with Gasteiger partial charge < -0.3 is 10.6 Å². The van der Waals surface area contributed by atoms with Gasteiger partial charge in [0.05, 0.1) is 6.20 Å². The summed E-state index contributed by atoms with van der Waals surface area (Å²) in [6, 6.07) is 0. The summed E-state index contributed by atoms with van der Waals surface area (Å²) in [6.45, 7) is 12.6. The minimum Gasteiger partial charge on any atom is -0.367 e. The first-order chi connectivity index (χ1) is 9.30. The SMILES string of the molecule is CCCNc1ncc(F)c(NCC2C(C)(C)C2(C)C)n1. The van der Waals surface area contributed by atoms with Crippen LogP contribution in [0.4, 0.5) is 16.2 Å². The Hall–Kier alpha value is -1.39. The van der Waals surface area contributed by atoms with Crippen molar-refractivity contribution in [1.29, 1.82) is 0 Å². The number of halogens is 1. The van der Waals surface area contributed by atoms with E-state index in [1.54, 1.807) is 0 Å². The molecule has 0 atom stereocenters. The molecule has 2 rings (SSSR count). The molecule has 0 amide bonds.